The zero-order valence-corrected chi connectivity index (χ0v) is 20.6. The van der Waals surface area contributed by atoms with Crippen LogP contribution in [0.3, 0.4) is 0 Å². The number of alkyl halides is 3. The molecule has 2 N–H and O–H groups in total. The predicted octanol–water partition coefficient (Wildman–Crippen LogP) is 3.92. The zero-order chi connectivity index (χ0) is 23.0. The molecule has 1 fully saturated rings. The first kappa shape index (κ1) is 23.6. The normalized spacial score (nSPS) is 20.8. The summed E-state index contributed by atoms with van der Waals surface area (Å²) in [5.74, 6) is -0.0141. The topological polar surface area (TPSA) is 66.4 Å². The number of hydrogen-bond donors (Lipinski definition) is 2. The SMILES string of the molecule is O=C(NC(NC(=S)N1C[C@H]2C[C@H](C1)c1cccc(=O)n1C2)C(Cl)(Cl)Cl)c1cccc(Cl)c1. The first-order chi connectivity index (χ1) is 15.1. The maximum atomic E-state index is 12.7. The van der Waals surface area contributed by atoms with Gasteiger partial charge in [-0.25, -0.2) is 0 Å². The van der Waals surface area contributed by atoms with Crippen LogP contribution >= 0.6 is 58.6 Å². The fourth-order valence-corrected chi connectivity index (χ4v) is 5.11. The predicted molar refractivity (Wildman–Crippen MR) is 132 cm³/mol. The number of pyridine rings is 1. The van der Waals surface area contributed by atoms with Gasteiger partial charge >= 0.3 is 0 Å². The van der Waals surface area contributed by atoms with Gasteiger partial charge in [0.1, 0.15) is 6.17 Å². The van der Waals surface area contributed by atoms with Crippen molar-refractivity contribution < 1.29 is 4.79 Å². The molecule has 1 amide bonds. The molecule has 2 bridgehead atoms. The maximum Gasteiger partial charge on any atom is 0.253 e. The van der Waals surface area contributed by atoms with Crippen molar-refractivity contribution in [3.8, 4) is 0 Å². The highest BCUT2D eigenvalue weighted by Crippen LogP contribution is 2.35. The highest BCUT2D eigenvalue weighted by molar-refractivity contribution is 7.80. The summed E-state index contributed by atoms with van der Waals surface area (Å²) in [6.45, 7) is 1.93. The number of benzene rings is 1. The van der Waals surface area contributed by atoms with Crippen LogP contribution in [0.15, 0.2) is 47.3 Å². The van der Waals surface area contributed by atoms with Crippen LogP contribution in [0.4, 0.5) is 0 Å². The molecule has 4 rings (SSSR count). The highest BCUT2D eigenvalue weighted by atomic mass is 35.6. The number of amides is 1. The van der Waals surface area contributed by atoms with Crippen LogP contribution in [0.25, 0.3) is 0 Å². The minimum Gasteiger partial charge on any atom is -0.348 e. The standard InChI is InChI=1S/C21H20Cl4N4O2S/c22-15-4-1-3-13(8-15)18(31)26-19(21(23,24)25)27-20(32)28-9-12-7-14(11-28)16-5-2-6-17(30)29(16)10-12/h1-6,8,12,14,19H,7,9-11H2,(H,26,31)(H,27,32)/t12-,14-,19?/m1/s1. The second-order valence-corrected chi connectivity index (χ2v) is 11.2. The molecule has 2 aliphatic rings. The van der Waals surface area contributed by atoms with E-state index in [0.717, 1.165) is 12.1 Å². The lowest BCUT2D eigenvalue weighted by atomic mass is 9.83. The fourth-order valence-electron chi connectivity index (χ4n) is 4.32. The lowest BCUT2D eigenvalue weighted by Crippen LogP contribution is -2.60. The summed E-state index contributed by atoms with van der Waals surface area (Å²) < 4.78 is -0.00809. The van der Waals surface area contributed by atoms with Crippen molar-refractivity contribution in [3.63, 3.8) is 0 Å². The van der Waals surface area contributed by atoms with Crippen molar-refractivity contribution in [1.82, 2.24) is 20.1 Å². The number of hydrogen-bond acceptors (Lipinski definition) is 3. The Bertz CT molecular complexity index is 1100. The van der Waals surface area contributed by atoms with Crippen LogP contribution in [-0.2, 0) is 6.54 Å². The van der Waals surface area contributed by atoms with E-state index in [4.69, 9.17) is 58.6 Å². The van der Waals surface area contributed by atoms with Gasteiger partial charge in [-0.2, -0.15) is 0 Å². The molecular weight excluding hydrogens is 514 g/mol. The Labute approximate surface area is 210 Å². The van der Waals surface area contributed by atoms with Gasteiger partial charge in [-0.1, -0.05) is 58.5 Å². The van der Waals surface area contributed by atoms with E-state index in [1.807, 2.05) is 15.5 Å². The molecule has 2 aliphatic heterocycles. The number of rotatable bonds is 3. The number of piperidine rings is 1. The molecule has 0 aliphatic carbocycles. The first-order valence-corrected chi connectivity index (χ1v) is 11.9. The zero-order valence-electron chi connectivity index (χ0n) is 16.7. The molecule has 1 unspecified atom stereocenters. The molecule has 3 heterocycles. The Morgan fingerprint density at radius 1 is 1.09 bits per heavy atom. The van der Waals surface area contributed by atoms with Crippen molar-refractivity contribution in [2.75, 3.05) is 13.1 Å². The minimum atomic E-state index is -1.86. The molecular formula is C21H20Cl4N4O2S. The highest BCUT2D eigenvalue weighted by Gasteiger charge is 2.39. The van der Waals surface area contributed by atoms with Gasteiger partial charge in [0.2, 0.25) is 3.79 Å². The molecule has 6 nitrogen and oxygen atoms in total. The number of carbonyl (C=O) groups excluding carboxylic acids is 1. The summed E-state index contributed by atoms with van der Waals surface area (Å²) in [7, 11) is 0. The quantitative estimate of drug-likeness (QED) is 0.355. The molecule has 1 aromatic heterocycles. The van der Waals surface area contributed by atoms with Gasteiger partial charge in [-0.05, 0) is 48.8 Å². The third-order valence-corrected chi connectivity index (χ3v) is 6.99. The number of aromatic nitrogens is 1. The molecule has 0 spiro atoms. The van der Waals surface area contributed by atoms with Crippen LogP contribution in [0.1, 0.15) is 28.4 Å². The van der Waals surface area contributed by atoms with Gasteiger partial charge < -0.3 is 20.1 Å². The molecule has 0 radical (unpaired) electrons. The third kappa shape index (κ3) is 5.18. The largest absolute Gasteiger partial charge is 0.348 e. The summed E-state index contributed by atoms with van der Waals surface area (Å²) in [5.41, 5.74) is 1.36. The van der Waals surface area contributed by atoms with Crippen molar-refractivity contribution in [1.29, 1.82) is 0 Å². The number of nitrogens with one attached hydrogen (secondary N) is 2. The van der Waals surface area contributed by atoms with Gasteiger partial charge in [-0.15, -0.1) is 0 Å². The fraction of sp³-hybridized carbons (Fsp3) is 0.381. The molecule has 1 aromatic carbocycles. The monoisotopic (exact) mass is 532 g/mol. The Kier molecular flexibility index (Phi) is 6.94. The molecule has 1 saturated heterocycles. The van der Waals surface area contributed by atoms with Gasteiger partial charge in [0.05, 0.1) is 0 Å². The Balaban J connectivity index is 1.47. The summed E-state index contributed by atoms with van der Waals surface area (Å²) in [6.07, 6.45) is -0.0785. The number of likely N-dealkylation sites (tertiary alicyclic amines) is 1. The second-order valence-electron chi connectivity index (χ2n) is 8.01. The van der Waals surface area contributed by atoms with Gasteiger partial charge in [-0.3, -0.25) is 9.59 Å². The lowest BCUT2D eigenvalue weighted by molar-refractivity contribution is 0.0932. The van der Waals surface area contributed by atoms with E-state index < -0.39 is 15.9 Å². The Hall–Kier alpha value is -1.51. The molecule has 2 aromatic rings. The van der Waals surface area contributed by atoms with Crippen molar-refractivity contribution in [2.24, 2.45) is 5.92 Å². The van der Waals surface area contributed by atoms with Crippen molar-refractivity contribution in [3.05, 3.63) is 69.1 Å². The summed E-state index contributed by atoms with van der Waals surface area (Å²) in [4.78, 5) is 26.9. The van der Waals surface area contributed by atoms with Crippen molar-refractivity contribution in [2.45, 2.75) is 28.8 Å². The lowest BCUT2D eigenvalue weighted by Gasteiger charge is -2.44. The van der Waals surface area contributed by atoms with Crippen LogP contribution < -0.4 is 16.2 Å². The van der Waals surface area contributed by atoms with E-state index in [1.54, 1.807) is 30.3 Å². The van der Waals surface area contributed by atoms with E-state index in [-0.39, 0.29) is 17.4 Å². The van der Waals surface area contributed by atoms with Gasteiger partial charge in [0.25, 0.3) is 11.5 Å². The van der Waals surface area contributed by atoms with E-state index in [2.05, 4.69) is 10.6 Å². The van der Waals surface area contributed by atoms with Gasteiger partial charge in [0, 0.05) is 47.9 Å². The summed E-state index contributed by atoms with van der Waals surface area (Å²) in [6, 6.07) is 11.8. The number of halogens is 4. The van der Waals surface area contributed by atoms with E-state index in [9.17, 15) is 9.59 Å². The summed E-state index contributed by atoms with van der Waals surface area (Å²) in [5, 5.41) is 6.47. The van der Waals surface area contributed by atoms with Crippen LogP contribution in [0.2, 0.25) is 5.02 Å². The molecule has 11 heteroatoms. The average Bonchev–Trinajstić information content (AvgIpc) is 2.73. The molecule has 3 atom stereocenters. The Morgan fingerprint density at radius 2 is 1.84 bits per heavy atom. The number of fused-ring (bicyclic) bond motifs is 4. The molecule has 0 saturated carbocycles. The van der Waals surface area contributed by atoms with Crippen molar-refractivity contribution >= 4 is 69.6 Å². The number of carbonyl (C=O) groups is 1. The van der Waals surface area contributed by atoms with Gasteiger partial charge in [0.15, 0.2) is 5.11 Å². The van der Waals surface area contributed by atoms with Crippen LogP contribution in [0, 0.1) is 5.92 Å². The van der Waals surface area contributed by atoms with Crippen LogP contribution in [0.5, 0.6) is 0 Å². The minimum absolute atomic E-state index is 0.0198. The molecule has 32 heavy (non-hydrogen) atoms. The molecule has 170 valence electrons. The smallest absolute Gasteiger partial charge is 0.253 e. The Morgan fingerprint density at radius 3 is 2.56 bits per heavy atom. The number of nitrogens with zero attached hydrogens (tertiary/aromatic N) is 2. The first-order valence-electron chi connectivity index (χ1n) is 10.00. The third-order valence-electron chi connectivity index (χ3n) is 5.72. The average molecular weight is 534 g/mol. The van der Waals surface area contributed by atoms with E-state index in [1.165, 1.54) is 6.07 Å². The maximum absolute atomic E-state index is 12.7. The van der Waals surface area contributed by atoms with E-state index >= 15 is 0 Å². The summed E-state index contributed by atoms with van der Waals surface area (Å²) >= 11 is 30.0. The second kappa shape index (κ2) is 9.39. The van der Waals surface area contributed by atoms with Crippen LogP contribution in [-0.4, -0.2) is 43.5 Å². The number of thiocarbonyl (C=S) groups is 1. The van der Waals surface area contributed by atoms with E-state index in [0.29, 0.717) is 35.3 Å².